The summed E-state index contributed by atoms with van der Waals surface area (Å²) in [6.07, 6.45) is 2.16. The topological polar surface area (TPSA) is 66.4 Å². The molecule has 1 fully saturated rings. The lowest BCUT2D eigenvalue weighted by Crippen LogP contribution is -2.35. The third-order valence-corrected chi connectivity index (χ3v) is 3.65. The van der Waals surface area contributed by atoms with Gasteiger partial charge in [-0.25, -0.2) is 0 Å². The number of halogens is 1. The molecule has 102 valence electrons. The molecule has 0 aliphatic heterocycles. The third kappa shape index (κ3) is 3.26. The number of hydrogen-bond donors (Lipinski definition) is 2. The van der Waals surface area contributed by atoms with Gasteiger partial charge in [-0.05, 0) is 37.0 Å². The lowest BCUT2D eigenvalue weighted by atomic mass is 9.95. The average molecular weight is 282 g/mol. The maximum absolute atomic E-state index is 12.2. The minimum Gasteiger partial charge on any atom is -0.481 e. The van der Waals surface area contributed by atoms with Gasteiger partial charge in [-0.2, -0.15) is 0 Å². The zero-order valence-electron chi connectivity index (χ0n) is 10.5. The average Bonchev–Trinajstić information content (AvgIpc) is 3.15. The maximum Gasteiger partial charge on any atom is 0.303 e. The Morgan fingerprint density at radius 2 is 2.11 bits per heavy atom. The van der Waals surface area contributed by atoms with Crippen LogP contribution in [0.5, 0.6) is 0 Å². The van der Waals surface area contributed by atoms with Crippen molar-refractivity contribution in [2.45, 2.75) is 31.1 Å². The molecule has 1 aliphatic carbocycles. The fraction of sp³-hybridized carbons (Fsp3) is 0.429. The van der Waals surface area contributed by atoms with Gasteiger partial charge >= 0.3 is 5.97 Å². The molecular weight excluding hydrogens is 266 g/mol. The number of benzene rings is 1. The molecule has 0 unspecified atom stereocenters. The lowest BCUT2D eigenvalue weighted by Gasteiger charge is -2.15. The molecule has 0 saturated heterocycles. The van der Waals surface area contributed by atoms with Crippen LogP contribution in [0.1, 0.15) is 31.2 Å². The Kier molecular flexibility index (Phi) is 4.10. The number of aliphatic carboxylic acids is 1. The highest BCUT2D eigenvalue weighted by Gasteiger charge is 2.51. The Labute approximate surface area is 116 Å². The van der Waals surface area contributed by atoms with Gasteiger partial charge in [0.25, 0.3) is 0 Å². The Hall–Kier alpha value is -1.55. The molecule has 1 amide bonds. The Morgan fingerprint density at radius 3 is 2.68 bits per heavy atom. The van der Waals surface area contributed by atoms with E-state index in [0.717, 1.165) is 18.4 Å². The standard InChI is InChI=1S/C14H16ClNO3/c15-11-4-1-3-10(9-11)14(6-7-14)13(19)16-8-2-5-12(17)18/h1,3-4,9H,2,5-8H2,(H,16,19)(H,17,18). The molecular formula is C14H16ClNO3. The van der Waals surface area contributed by atoms with E-state index >= 15 is 0 Å². The quantitative estimate of drug-likeness (QED) is 0.787. The number of carboxylic acid groups (broad SMARTS) is 1. The van der Waals surface area contributed by atoms with E-state index in [1.165, 1.54) is 0 Å². The van der Waals surface area contributed by atoms with Crippen molar-refractivity contribution in [3.63, 3.8) is 0 Å². The molecule has 0 bridgehead atoms. The van der Waals surface area contributed by atoms with Gasteiger partial charge in [0.1, 0.15) is 0 Å². The summed E-state index contributed by atoms with van der Waals surface area (Å²) in [7, 11) is 0. The van der Waals surface area contributed by atoms with Gasteiger partial charge in [0.2, 0.25) is 5.91 Å². The molecule has 0 atom stereocenters. The molecule has 1 saturated carbocycles. The van der Waals surface area contributed by atoms with Crippen molar-refractivity contribution in [1.82, 2.24) is 5.32 Å². The zero-order valence-corrected chi connectivity index (χ0v) is 11.2. The number of rotatable bonds is 6. The summed E-state index contributed by atoms with van der Waals surface area (Å²) < 4.78 is 0. The second-order valence-corrected chi connectivity index (χ2v) is 5.28. The highest BCUT2D eigenvalue weighted by molar-refractivity contribution is 6.30. The minimum absolute atomic E-state index is 0.0276. The van der Waals surface area contributed by atoms with E-state index in [1.54, 1.807) is 6.07 Å². The maximum atomic E-state index is 12.2. The molecule has 1 aromatic rings. The molecule has 0 spiro atoms. The van der Waals surface area contributed by atoms with Gasteiger partial charge in [-0.15, -0.1) is 0 Å². The Morgan fingerprint density at radius 1 is 1.37 bits per heavy atom. The number of carbonyl (C=O) groups excluding carboxylic acids is 1. The van der Waals surface area contributed by atoms with Crippen molar-refractivity contribution in [3.8, 4) is 0 Å². The van der Waals surface area contributed by atoms with Crippen LogP contribution in [0.4, 0.5) is 0 Å². The first kappa shape index (κ1) is 13.9. The summed E-state index contributed by atoms with van der Waals surface area (Å²) in [5.41, 5.74) is 0.490. The summed E-state index contributed by atoms with van der Waals surface area (Å²) >= 11 is 5.95. The van der Waals surface area contributed by atoms with Gasteiger partial charge < -0.3 is 10.4 Å². The molecule has 2 rings (SSSR count). The van der Waals surface area contributed by atoms with Crippen LogP contribution >= 0.6 is 11.6 Å². The summed E-state index contributed by atoms with van der Waals surface area (Å²) in [4.78, 5) is 22.6. The first-order valence-electron chi connectivity index (χ1n) is 6.31. The van der Waals surface area contributed by atoms with Crippen LogP contribution in [0.2, 0.25) is 5.02 Å². The van der Waals surface area contributed by atoms with Crippen LogP contribution in [0.15, 0.2) is 24.3 Å². The largest absolute Gasteiger partial charge is 0.481 e. The highest BCUT2D eigenvalue weighted by atomic mass is 35.5. The van der Waals surface area contributed by atoms with E-state index in [4.69, 9.17) is 16.7 Å². The second-order valence-electron chi connectivity index (χ2n) is 4.85. The van der Waals surface area contributed by atoms with Crippen LogP contribution in [-0.4, -0.2) is 23.5 Å². The molecule has 0 heterocycles. The fourth-order valence-corrected chi connectivity index (χ4v) is 2.36. The third-order valence-electron chi connectivity index (χ3n) is 3.41. The zero-order chi connectivity index (χ0) is 13.9. The molecule has 0 aromatic heterocycles. The van der Waals surface area contributed by atoms with E-state index in [-0.39, 0.29) is 12.3 Å². The van der Waals surface area contributed by atoms with E-state index in [0.29, 0.717) is 18.0 Å². The highest BCUT2D eigenvalue weighted by Crippen LogP contribution is 2.48. The molecule has 19 heavy (non-hydrogen) atoms. The van der Waals surface area contributed by atoms with Crippen molar-refractivity contribution in [3.05, 3.63) is 34.9 Å². The van der Waals surface area contributed by atoms with Crippen molar-refractivity contribution in [2.75, 3.05) is 6.54 Å². The number of carbonyl (C=O) groups is 2. The van der Waals surface area contributed by atoms with Crippen LogP contribution in [0.3, 0.4) is 0 Å². The molecule has 4 nitrogen and oxygen atoms in total. The van der Waals surface area contributed by atoms with E-state index in [2.05, 4.69) is 5.32 Å². The van der Waals surface area contributed by atoms with E-state index < -0.39 is 11.4 Å². The number of carboxylic acids is 1. The predicted octanol–water partition coefficient (Wildman–Crippen LogP) is 2.35. The first-order valence-corrected chi connectivity index (χ1v) is 6.68. The van der Waals surface area contributed by atoms with E-state index in [1.807, 2.05) is 18.2 Å². The van der Waals surface area contributed by atoms with Crippen molar-refractivity contribution in [1.29, 1.82) is 0 Å². The van der Waals surface area contributed by atoms with Gasteiger partial charge in [-0.1, -0.05) is 23.7 Å². The predicted molar refractivity (Wildman–Crippen MR) is 72.2 cm³/mol. The van der Waals surface area contributed by atoms with Gasteiger partial charge in [0.05, 0.1) is 5.41 Å². The summed E-state index contributed by atoms with van der Waals surface area (Å²) in [5, 5.41) is 12.0. The SMILES string of the molecule is O=C(O)CCCNC(=O)C1(c2cccc(Cl)c2)CC1. The second kappa shape index (κ2) is 5.61. The van der Waals surface area contributed by atoms with Crippen LogP contribution in [-0.2, 0) is 15.0 Å². The normalized spacial score (nSPS) is 15.8. The smallest absolute Gasteiger partial charge is 0.303 e. The van der Waals surface area contributed by atoms with Crippen molar-refractivity contribution < 1.29 is 14.7 Å². The molecule has 1 aliphatic rings. The fourth-order valence-electron chi connectivity index (χ4n) is 2.17. The molecule has 1 aromatic carbocycles. The van der Waals surface area contributed by atoms with Gasteiger partial charge in [0, 0.05) is 18.0 Å². The van der Waals surface area contributed by atoms with Crippen molar-refractivity contribution >= 4 is 23.5 Å². The number of hydrogen-bond acceptors (Lipinski definition) is 2. The number of amides is 1. The lowest BCUT2D eigenvalue weighted by molar-refractivity contribution is -0.137. The van der Waals surface area contributed by atoms with Gasteiger partial charge in [0.15, 0.2) is 0 Å². The minimum atomic E-state index is -0.842. The van der Waals surface area contributed by atoms with Crippen LogP contribution in [0, 0.1) is 0 Å². The molecule has 0 radical (unpaired) electrons. The van der Waals surface area contributed by atoms with Crippen LogP contribution < -0.4 is 5.32 Å². The van der Waals surface area contributed by atoms with E-state index in [9.17, 15) is 9.59 Å². The first-order chi connectivity index (χ1) is 9.04. The molecule has 5 heteroatoms. The van der Waals surface area contributed by atoms with Crippen molar-refractivity contribution in [2.24, 2.45) is 0 Å². The summed E-state index contributed by atoms with van der Waals surface area (Å²) in [5.74, 6) is -0.870. The number of nitrogens with one attached hydrogen (secondary N) is 1. The molecule has 2 N–H and O–H groups in total. The van der Waals surface area contributed by atoms with Crippen LogP contribution in [0.25, 0.3) is 0 Å². The summed E-state index contributed by atoms with van der Waals surface area (Å²) in [6, 6.07) is 7.36. The van der Waals surface area contributed by atoms with Gasteiger partial charge in [-0.3, -0.25) is 9.59 Å². The summed E-state index contributed by atoms with van der Waals surface area (Å²) in [6.45, 7) is 0.396. The Balaban J connectivity index is 1.93. The Bertz CT molecular complexity index is 497. The monoisotopic (exact) mass is 281 g/mol.